The highest BCUT2D eigenvalue weighted by Gasteiger charge is 2.24. The van der Waals surface area contributed by atoms with E-state index in [1.807, 2.05) is 61.5 Å². The van der Waals surface area contributed by atoms with E-state index in [-0.39, 0.29) is 25.4 Å². The zero-order valence-corrected chi connectivity index (χ0v) is 18.4. The molecule has 0 fully saturated rings. The van der Waals surface area contributed by atoms with Gasteiger partial charge in [-0.2, -0.15) is 0 Å². The summed E-state index contributed by atoms with van der Waals surface area (Å²) in [5.74, 6) is 0.501. The third-order valence-electron chi connectivity index (χ3n) is 4.93. The molecule has 0 saturated heterocycles. The van der Waals surface area contributed by atoms with Gasteiger partial charge in [0.2, 0.25) is 0 Å². The zero-order valence-electron chi connectivity index (χ0n) is 18.4. The Morgan fingerprint density at radius 3 is 1.90 bits per heavy atom. The van der Waals surface area contributed by atoms with Crippen molar-refractivity contribution in [3.63, 3.8) is 0 Å². The molecule has 0 spiro atoms. The largest absolute Gasteiger partial charge is 0.497 e. The monoisotopic (exact) mass is 430 g/mol. The van der Waals surface area contributed by atoms with Crippen LogP contribution in [0.2, 0.25) is 0 Å². The van der Waals surface area contributed by atoms with E-state index in [0.29, 0.717) is 26.4 Å². The van der Waals surface area contributed by atoms with Crippen LogP contribution >= 0.6 is 0 Å². The number of ether oxygens (including phenoxy) is 5. The molecule has 0 heterocycles. The van der Waals surface area contributed by atoms with Gasteiger partial charge in [0.15, 0.2) is 0 Å². The third-order valence-corrected chi connectivity index (χ3v) is 4.93. The van der Waals surface area contributed by atoms with Crippen molar-refractivity contribution >= 4 is 0 Å². The topological polar surface area (TPSA) is 66.4 Å². The Balaban J connectivity index is 1.68. The molecule has 170 valence electrons. The molecule has 6 nitrogen and oxygen atoms in total. The molecular weight excluding hydrogens is 396 g/mol. The molecule has 2 aromatic carbocycles. The first-order valence-electron chi connectivity index (χ1n) is 10.4. The molecule has 0 unspecified atom stereocenters. The number of hydrogen-bond acceptors (Lipinski definition) is 6. The molecule has 0 bridgehead atoms. The lowest BCUT2D eigenvalue weighted by atomic mass is 9.93. The fraction of sp³-hybridized carbons (Fsp3) is 0.440. The van der Waals surface area contributed by atoms with Crippen molar-refractivity contribution in [2.75, 3.05) is 33.9 Å². The molecule has 0 aliphatic carbocycles. The van der Waals surface area contributed by atoms with E-state index < -0.39 is 6.10 Å². The van der Waals surface area contributed by atoms with E-state index in [0.717, 1.165) is 16.9 Å². The number of aliphatic hydroxyl groups excluding tert-OH is 1. The Kier molecular flexibility index (Phi) is 11.9. The number of rotatable bonds is 16. The molecule has 0 amide bonds. The van der Waals surface area contributed by atoms with Crippen molar-refractivity contribution in [2.24, 2.45) is 11.8 Å². The highest BCUT2D eigenvalue weighted by atomic mass is 16.7. The first kappa shape index (κ1) is 25.0. The number of methoxy groups -OCH3 is 1. The molecule has 0 aliphatic heterocycles. The van der Waals surface area contributed by atoms with Crippen LogP contribution in [0.4, 0.5) is 0 Å². The predicted octanol–water partition coefficient (Wildman–Crippen LogP) is 4.18. The van der Waals surface area contributed by atoms with Crippen LogP contribution < -0.4 is 4.74 Å². The second-order valence-corrected chi connectivity index (χ2v) is 7.35. The highest BCUT2D eigenvalue weighted by Crippen LogP contribution is 2.16. The Hall–Kier alpha value is -2.22. The van der Waals surface area contributed by atoms with Crippen molar-refractivity contribution < 1.29 is 28.8 Å². The molecule has 6 heteroatoms. The first-order valence-corrected chi connectivity index (χ1v) is 10.4. The van der Waals surface area contributed by atoms with Crippen LogP contribution in [-0.2, 0) is 32.2 Å². The molecule has 1 N–H and O–H groups in total. The van der Waals surface area contributed by atoms with Gasteiger partial charge in [0.05, 0.1) is 39.6 Å². The molecule has 2 aromatic rings. The minimum atomic E-state index is -0.631. The molecule has 0 radical (unpaired) electrons. The van der Waals surface area contributed by atoms with Crippen LogP contribution in [0.15, 0.2) is 67.3 Å². The molecule has 0 aromatic heterocycles. The van der Waals surface area contributed by atoms with Crippen LogP contribution in [0.5, 0.6) is 5.75 Å². The third kappa shape index (κ3) is 9.63. The van der Waals surface area contributed by atoms with E-state index in [9.17, 15) is 5.11 Å². The van der Waals surface area contributed by atoms with Gasteiger partial charge in [0, 0.05) is 11.8 Å². The summed E-state index contributed by atoms with van der Waals surface area (Å²) in [7, 11) is 1.64. The fourth-order valence-electron chi connectivity index (χ4n) is 2.95. The van der Waals surface area contributed by atoms with Gasteiger partial charge in [-0.25, -0.2) is 0 Å². The number of benzene rings is 2. The van der Waals surface area contributed by atoms with Gasteiger partial charge in [0.1, 0.15) is 19.3 Å². The summed E-state index contributed by atoms with van der Waals surface area (Å²) in [6, 6.07) is 17.6. The standard InChI is InChI=1S/C25H34O6/c1-4-20(2)25(26)23(16-30-18-28-14-21-8-6-5-7-9-21)17-31-19-29-15-22-10-12-24(27-3)13-11-22/h4-13,20,23,25-26H,1,14-19H2,2-3H3/t20-,23-,25-/m0/s1. The van der Waals surface area contributed by atoms with Gasteiger partial charge in [-0.15, -0.1) is 6.58 Å². The summed E-state index contributed by atoms with van der Waals surface area (Å²) < 4.78 is 27.5. The van der Waals surface area contributed by atoms with Gasteiger partial charge in [-0.3, -0.25) is 0 Å². The van der Waals surface area contributed by atoms with Crippen LogP contribution in [0.25, 0.3) is 0 Å². The van der Waals surface area contributed by atoms with Crippen molar-refractivity contribution in [2.45, 2.75) is 26.2 Å². The maximum absolute atomic E-state index is 10.6. The Bertz CT molecular complexity index is 719. The summed E-state index contributed by atoms with van der Waals surface area (Å²) in [5, 5.41) is 10.6. The summed E-state index contributed by atoms with van der Waals surface area (Å²) in [4.78, 5) is 0. The van der Waals surface area contributed by atoms with Gasteiger partial charge >= 0.3 is 0 Å². The molecule has 0 saturated carbocycles. The molecule has 2 rings (SSSR count). The second-order valence-electron chi connectivity index (χ2n) is 7.35. The van der Waals surface area contributed by atoms with E-state index in [2.05, 4.69) is 6.58 Å². The smallest absolute Gasteiger partial charge is 0.147 e. The normalized spacial score (nSPS) is 14.0. The average molecular weight is 431 g/mol. The lowest BCUT2D eigenvalue weighted by Gasteiger charge is -2.26. The lowest BCUT2D eigenvalue weighted by molar-refractivity contribution is -0.121. The van der Waals surface area contributed by atoms with E-state index in [1.54, 1.807) is 13.2 Å². The predicted molar refractivity (Wildman–Crippen MR) is 120 cm³/mol. The SMILES string of the molecule is C=C[C@H](C)[C@H](O)[C@@H](COCOCc1ccccc1)COCOCc1ccc(OC)cc1. The number of hydrogen-bond donors (Lipinski definition) is 1. The fourth-order valence-corrected chi connectivity index (χ4v) is 2.95. The van der Waals surface area contributed by atoms with Gasteiger partial charge < -0.3 is 28.8 Å². The van der Waals surface area contributed by atoms with Crippen molar-refractivity contribution in [3.8, 4) is 5.75 Å². The minimum Gasteiger partial charge on any atom is -0.497 e. The van der Waals surface area contributed by atoms with Crippen molar-refractivity contribution in [1.82, 2.24) is 0 Å². The zero-order chi connectivity index (χ0) is 22.3. The summed E-state index contributed by atoms with van der Waals surface area (Å²) >= 11 is 0. The molecule has 0 aliphatic rings. The average Bonchev–Trinajstić information content (AvgIpc) is 2.82. The van der Waals surface area contributed by atoms with Crippen LogP contribution in [0.3, 0.4) is 0 Å². The lowest BCUT2D eigenvalue weighted by Crippen LogP contribution is -2.34. The number of aliphatic hydroxyl groups is 1. The van der Waals surface area contributed by atoms with Crippen LogP contribution in [0, 0.1) is 11.8 Å². The Labute approximate surface area is 185 Å². The van der Waals surface area contributed by atoms with E-state index in [4.69, 9.17) is 23.7 Å². The molecular formula is C25H34O6. The second kappa shape index (κ2) is 14.7. The summed E-state index contributed by atoms with van der Waals surface area (Å²) in [5.41, 5.74) is 2.11. The minimum absolute atomic E-state index is 0.0809. The van der Waals surface area contributed by atoms with E-state index in [1.165, 1.54) is 0 Å². The van der Waals surface area contributed by atoms with Crippen LogP contribution in [-0.4, -0.2) is 45.1 Å². The Morgan fingerprint density at radius 1 is 0.839 bits per heavy atom. The highest BCUT2D eigenvalue weighted by molar-refractivity contribution is 5.26. The summed E-state index contributed by atoms with van der Waals surface area (Å²) in [6.07, 6.45) is 1.09. The van der Waals surface area contributed by atoms with Crippen molar-refractivity contribution in [3.05, 3.63) is 78.4 Å². The van der Waals surface area contributed by atoms with E-state index >= 15 is 0 Å². The van der Waals surface area contributed by atoms with Gasteiger partial charge in [-0.1, -0.05) is 55.5 Å². The maximum atomic E-state index is 10.6. The van der Waals surface area contributed by atoms with Crippen molar-refractivity contribution in [1.29, 1.82) is 0 Å². The van der Waals surface area contributed by atoms with Gasteiger partial charge in [0.25, 0.3) is 0 Å². The quantitative estimate of drug-likeness (QED) is 0.245. The van der Waals surface area contributed by atoms with Crippen LogP contribution in [0.1, 0.15) is 18.1 Å². The molecule has 31 heavy (non-hydrogen) atoms. The summed E-state index contributed by atoms with van der Waals surface area (Å²) in [6.45, 7) is 7.48. The first-order chi connectivity index (χ1) is 15.1. The molecule has 3 atom stereocenters. The van der Waals surface area contributed by atoms with Gasteiger partial charge in [-0.05, 0) is 23.3 Å². The Morgan fingerprint density at radius 2 is 1.39 bits per heavy atom. The maximum Gasteiger partial charge on any atom is 0.147 e.